The standard InChI is InChI=1S/C17H18N2O3S/c1-13(14-6-4-3-5-7-14)18(2)17(20)12-23-16-10-8-15(9-11-16)19(21)22/h3-11,13H,12H2,1-2H3. The second kappa shape index (κ2) is 7.78. The van der Waals surface area contributed by atoms with Crippen LogP contribution < -0.4 is 0 Å². The third kappa shape index (κ3) is 4.56. The van der Waals surface area contributed by atoms with E-state index in [2.05, 4.69) is 0 Å². The van der Waals surface area contributed by atoms with Gasteiger partial charge in [-0.3, -0.25) is 14.9 Å². The Morgan fingerprint density at radius 1 is 1.17 bits per heavy atom. The SMILES string of the molecule is CC(c1ccccc1)N(C)C(=O)CSc1ccc([N+](=O)[O-])cc1. The van der Waals surface area contributed by atoms with Crippen LogP contribution in [-0.4, -0.2) is 28.5 Å². The van der Waals surface area contributed by atoms with Crippen LogP contribution in [0.3, 0.4) is 0 Å². The molecule has 0 radical (unpaired) electrons. The van der Waals surface area contributed by atoms with Gasteiger partial charge in [-0.25, -0.2) is 0 Å². The third-order valence-electron chi connectivity index (χ3n) is 3.67. The molecule has 2 rings (SSSR count). The van der Waals surface area contributed by atoms with Crippen molar-refractivity contribution in [3.63, 3.8) is 0 Å². The Balaban J connectivity index is 1.92. The highest BCUT2D eigenvalue weighted by atomic mass is 32.2. The van der Waals surface area contributed by atoms with Crippen LogP contribution in [0.25, 0.3) is 0 Å². The lowest BCUT2D eigenvalue weighted by molar-refractivity contribution is -0.384. The summed E-state index contributed by atoms with van der Waals surface area (Å²) in [5.41, 5.74) is 1.14. The first-order chi connectivity index (χ1) is 11.0. The molecule has 2 aromatic carbocycles. The summed E-state index contributed by atoms with van der Waals surface area (Å²) in [6.45, 7) is 1.99. The van der Waals surface area contributed by atoms with Crippen LogP contribution in [0.15, 0.2) is 59.5 Å². The predicted octanol–water partition coefficient (Wildman–Crippen LogP) is 3.91. The number of non-ortho nitro benzene ring substituents is 1. The van der Waals surface area contributed by atoms with Crippen LogP contribution in [0.1, 0.15) is 18.5 Å². The zero-order chi connectivity index (χ0) is 16.8. The van der Waals surface area contributed by atoms with Crippen molar-refractivity contribution in [2.75, 3.05) is 12.8 Å². The molecule has 0 aromatic heterocycles. The van der Waals surface area contributed by atoms with E-state index in [0.29, 0.717) is 5.75 Å². The first-order valence-electron chi connectivity index (χ1n) is 7.17. The third-order valence-corrected chi connectivity index (χ3v) is 4.66. The molecule has 0 aliphatic heterocycles. The summed E-state index contributed by atoms with van der Waals surface area (Å²) in [5, 5.41) is 10.6. The summed E-state index contributed by atoms with van der Waals surface area (Å²) in [6.07, 6.45) is 0. The molecule has 0 heterocycles. The van der Waals surface area contributed by atoms with Crippen LogP contribution in [0.4, 0.5) is 5.69 Å². The number of carbonyl (C=O) groups excluding carboxylic acids is 1. The fraction of sp³-hybridized carbons (Fsp3) is 0.235. The first-order valence-corrected chi connectivity index (χ1v) is 8.15. The van der Waals surface area contributed by atoms with Crippen LogP contribution >= 0.6 is 11.8 Å². The van der Waals surface area contributed by atoms with E-state index in [1.54, 1.807) is 24.1 Å². The molecule has 2 aromatic rings. The summed E-state index contributed by atoms with van der Waals surface area (Å²) in [5.74, 6) is 0.315. The maximum atomic E-state index is 12.3. The van der Waals surface area contributed by atoms with Gasteiger partial charge < -0.3 is 4.90 Å². The molecule has 0 spiro atoms. The topological polar surface area (TPSA) is 63.5 Å². The summed E-state index contributed by atoms with van der Waals surface area (Å²) in [7, 11) is 1.79. The molecular formula is C17H18N2O3S. The van der Waals surface area contributed by atoms with E-state index >= 15 is 0 Å². The van der Waals surface area contributed by atoms with E-state index in [-0.39, 0.29) is 17.6 Å². The number of hydrogen-bond acceptors (Lipinski definition) is 4. The quantitative estimate of drug-likeness (QED) is 0.458. The van der Waals surface area contributed by atoms with Gasteiger partial charge in [0, 0.05) is 24.1 Å². The van der Waals surface area contributed by atoms with Crippen LogP contribution in [0, 0.1) is 10.1 Å². The normalized spacial score (nSPS) is 11.7. The number of nitro groups is 1. The molecule has 23 heavy (non-hydrogen) atoms. The lowest BCUT2D eigenvalue weighted by Gasteiger charge is -2.25. The molecule has 1 unspecified atom stereocenters. The lowest BCUT2D eigenvalue weighted by Crippen LogP contribution is -2.31. The first kappa shape index (κ1) is 17.0. The zero-order valence-corrected chi connectivity index (χ0v) is 13.8. The van der Waals surface area contributed by atoms with Gasteiger partial charge in [0.1, 0.15) is 0 Å². The molecule has 1 atom stereocenters. The van der Waals surface area contributed by atoms with Crippen molar-refractivity contribution in [3.05, 3.63) is 70.3 Å². The summed E-state index contributed by atoms with van der Waals surface area (Å²) in [4.78, 5) is 25.0. The highest BCUT2D eigenvalue weighted by Crippen LogP contribution is 2.24. The van der Waals surface area contributed by atoms with Crippen molar-refractivity contribution in [2.45, 2.75) is 17.9 Å². The summed E-state index contributed by atoms with van der Waals surface area (Å²) >= 11 is 1.38. The fourth-order valence-corrected chi connectivity index (χ4v) is 2.90. The van der Waals surface area contributed by atoms with Crippen molar-refractivity contribution >= 4 is 23.4 Å². The molecular weight excluding hydrogens is 312 g/mol. The number of hydrogen-bond donors (Lipinski definition) is 0. The van der Waals surface area contributed by atoms with E-state index in [4.69, 9.17) is 0 Å². The Kier molecular flexibility index (Phi) is 5.76. The monoisotopic (exact) mass is 330 g/mol. The Morgan fingerprint density at radius 2 is 1.78 bits per heavy atom. The zero-order valence-electron chi connectivity index (χ0n) is 13.0. The van der Waals surface area contributed by atoms with Gasteiger partial charge in [-0.1, -0.05) is 30.3 Å². The predicted molar refractivity (Wildman–Crippen MR) is 91.4 cm³/mol. The molecule has 0 aliphatic carbocycles. The van der Waals surface area contributed by atoms with Gasteiger partial charge in [-0.2, -0.15) is 0 Å². The van der Waals surface area contributed by atoms with Gasteiger partial charge in [0.05, 0.1) is 16.7 Å². The molecule has 0 fully saturated rings. The van der Waals surface area contributed by atoms with Gasteiger partial charge in [0.25, 0.3) is 5.69 Å². The van der Waals surface area contributed by atoms with E-state index in [9.17, 15) is 14.9 Å². The second-order valence-electron chi connectivity index (χ2n) is 5.13. The lowest BCUT2D eigenvalue weighted by atomic mass is 10.1. The minimum atomic E-state index is -0.436. The van der Waals surface area contributed by atoms with Crippen molar-refractivity contribution in [3.8, 4) is 0 Å². The van der Waals surface area contributed by atoms with Crippen molar-refractivity contribution < 1.29 is 9.72 Å². The smallest absolute Gasteiger partial charge is 0.269 e. The van der Waals surface area contributed by atoms with Crippen LogP contribution in [0.5, 0.6) is 0 Å². The highest BCUT2D eigenvalue weighted by molar-refractivity contribution is 8.00. The molecule has 0 saturated heterocycles. The number of nitro benzene ring substituents is 1. The van der Waals surface area contributed by atoms with Gasteiger partial charge in [-0.05, 0) is 24.6 Å². The Labute approximate surface area is 139 Å². The fourth-order valence-electron chi connectivity index (χ4n) is 2.08. The van der Waals surface area contributed by atoms with Crippen molar-refractivity contribution in [2.24, 2.45) is 0 Å². The molecule has 0 N–H and O–H groups in total. The molecule has 1 amide bonds. The van der Waals surface area contributed by atoms with Gasteiger partial charge in [0.15, 0.2) is 0 Å². The van der Waals surface area contributed by atoms with Gasteiger partial charge in [-0.15, -0.1) is 11.8 Å². The molecule has 6 heteroatoms. The highest BCUT2D eigenvalue weighted by Gasteiger charge is 2.17. The largest absolute Gasteiger partial charge is 0.338 e. The van der Waals surface area contributed by atoms with Crippen LogP contribution in [0.2, 0.25) is 0 Å². The number of thioether (sulfide) groups is 1. The number of amides is 1. The minimum Gasteiger partial charge on any atom is -0.338 e. The van der Waals surface area contributed by atoms with E-state index in [1.165, 1.54) is 23.9 Å². The number of rotatable bonds is 6. The Morgan fingerprint density at radius 3 is 2.35 bits per heavy atom. The van der Waals surface area contributed by atoms with Crippen LogP contribution in [-0.2, 0) is 4.79 Å². The number of carbonyl (C=O) groups is 1. The number of nitrogens with zero attached hydrogens (tertiary/aromatic N) is 2. The maximum Gasteiger partial charge on any atom is 0.269 e. The molecule has 0 saturated carbocycles. The summed E-state index contributed by atoms with van der Waals surface area (Å²) < 4.78 is 0. The van der Waals surface area contributed by atoms with Crippen molar-refractivity contribution in [1.82, 2.24) is 4.90 Å². The minimum absolute atomic E-state index is 0.00107. The van der Waals surface area contributed by atoms with E-state index in [1.807, 2.05) is 37.3 Å². The van der Waals surface area contributed by atoms with Crippen molar-refractivity contribution in [1.29, 1.82) is 0 Å². The molecule has 0 aliphatic rings. The molecule has 120 valence electrons. The second-order valence-corrected chi connectivity index (χ2v) is 6.18. The average molecular weight is 330 g/mol. The molecule has 5 nitrogen and oxygen atoms in total. The Bertz CT molecular complexity index is 674. The number of benzene rings is 2. The summed E-state index contributed by atoms with van der Waals surface area (Å²) in [6, 6.07) is 16.1. The van der Waals surface area contributed by atoms with E-state index in [0.717, 1.165) is 10.5 Å². The van der Waals surface area contributed by atoms with Gasteiger partial charge >= 0.3 is 0 Å². The van der Waals surface area contributed by atoms with E-state index < -0.39 is 4.92 Å². The Hall–Kier alpha value is -2.34. The average Bonchev–Trinajstić information content (AvgIpc) is 2.59. The maximum absolute atomic E-state index is 12.3. The molecule has 0 bridgehead atoms. The van der Waals surface area contributed by atoms with Gasteiger partial charge in [0.2, 0.25) is 5.91 Å².